The molecule has 0 aromatic heterocycles. The highest BCUT2D eigenvalue weighted by Gasteiger charge is 2.40. The minimum absolute atomic E-state index is 0.183. The molecule has 0 saturated carbocycles. The lowest BCUT2D eigenvalue weighted by Gasteiger charge is -2.36. The van der Waals surface area contributed by atoms with Gasteiger partial charge in [-0.05, 0) is 11.6 Å². The number of carbonyl (C=O) groups is 2. The third-order valence-corrected chi connectivity index (χ3v) is 3.14. The lowest BCUT2D eigenvalue weighted by Crippen LogP contribution is -2.47. The summed E-state index contributed by atoms with van der Waals surface area (Å²) in [6.07, 6.45) is 3.11. The molecule has 0 saturated heterocycles. The average molecular weight is 320 g/mol. The Balaban J connectivity index is 1.99. The van der Waals surface area contributed by atoms with Gasteiger partial charge in [-0.25, -0.2) is 0 Å². The zero-order chi connectivity index (χ0) is 16.7. The standard InChI is InChI=1S/C17H20O6/c1-13(18)21-12-17(22-14(2)19)10-6-9-16(23-17)20-11-15-7-4-3-5-8-15/h3-9,16H,10-12H2,1-2H3/t16-,17-/m0/s1. The van der Waals surface area contributed by atoms with Gasteiger partial charge in [-0.1, -0.05) is 36.4 Å². The van der Waals surface area contributed by atoms with Crippen LogP contribution in [0.3, 0.4) is 0 Å². The highest BCUT2D eigenvalue weighted by molar-refractivity contribution is 5.67. The number of carbonyl (C=O) groups excluding carboxylic acids is 2. The second-order valence-corrected chi connectivity index (χ2v) is 5.20. The van der Waals surface area contributed by atoms with Crippen molar-refractivity contribution in [3.8, 4) is 0 Å². The van der Waals surface area contributed by atoms with Gasteiger partial charge in [-0.15, -0.1) is 0 Å². The molecule has 2 atom stereocenters. The van der Waals surface area contributed by atoms with Gasteiger partial charge < -0.3 is 18.9 Å². The molecule has 1 aromatic rings. The third-order valence-electron chi connectivity index (χ3n) is 3.14. The zero-order valence-electron chi connectivity index (χ0n) is 13.2. The quantitative estimate of drug-likeness (QED) is 0.592. The number of benzene rings is 1. The van der Waals surface area contributed by atoms with Crippen LogP contribution in [0.15, 0.2) is 42.5 Å². The molecule has 0 bridgehead atoms. The van der Waals surface area contributed by atoms with Gasteiger partial charge in [0.15, 0.2) is 12.9 Å². The van der Waals surface area contributed by atoms with Crippen LogP contribution in [-0.2, 0) is 35.1 Å². The van der Waals surface area contributed by atoms with Crippen molar-refractivity contribution >= 4 is 11.9 Å². The fourth-order valence-electron chi connectivity index (χ4n) is 2.16. The Bertz CT molecular complexity index is 568. The zero-order valence-corrected chi connectivity index (χ0v) is 13.2. The predicted octanol–water partition coefficient (Wildman–Crippen LogP) is 2.33. The monoisotopic (exact) mass is 320 g/mol. The Labute approximate surface area is 135 Å². The lowest BCUT2D eigenvalue weighted by molar-refractivity contribution is -0.302. The van der Waals surface area contributed by atoms with Crippen LogP contribution in [0.5, 0.6) is 0 Å². The summed E-state index contributed by atoms with van der Waals surface area (Å²) in [6.45, 7) is 2.72. The van der Waals surface area contributed by atoms with Gasteiger partial charge in [-0.2, -0.15) is 0 Å². The highest BCUT2D eigenvalue weighted by atomic mass is 16.8. The second kappa shape index (κ2) is 7.89. The largest absolute Gasteiger partial charge is 0.459 e. The van der Waals surface area contributed by atoms with Gasteiger partial charge in [0.05, 0.1) is 6.61 Å². The topological polar surface area (TPSA) is 71.1 Å². The van der Waals surface area contributed by atoms with Crippen molar-refractivity contribution in [2.45, 2.75) is 39.0 Å². The van der Waals surface area contributed by atoms with Crippen molar-refractivity contribution < 1.29 is 28.5 Å². The maximum absolute atomic E-state index is 11.3. The molecule has 0 radical (unpaired) electrons. The van der Waals surface area contributed by atoms with Gasteiger partial charge >= 0.3 is 11.9 Å². The van der Waals surface area contributed by atoms with E-state index in [4.69, 9.17) is 18.9 Å². The first kappa shape index (κ1) is 17.2. The number of ether oxygens (including phenoxy) is 4. The number of esters is 2. The van der Waals surface area contributed by atoms with Gasteiger partial charge in [-0.3, -0.25) is 9.59 Å². The Morgan fingerprint density at radius 3 is 2.61 bits per heavy atom. The van der Waals surface area contributed by atoms with Crippen LogP contribution in [0.25, 0.3) is 0 Å². The van der Waals surface area contributed by atoms with Crippen LogP contribution in [-0.4, -0.2) is 30.6 Å². The van der Waals surface area contributed by atoms with Crippen LogP contribution in [0.1, 0.15) is 25.8 Å². The maximum Gasteiger partial charge on any atom is 0.305 e. The second-order valence-electron chi connectivity index (χ2n) is 5.20. The summed E-state index contributed by atoms with van der Waals surface area (Å²) in [5, 5.41) is 0. The van der Waals surface area contributed by atoms with Gasteiger partial charge in [0.1, 0.15) is 0 Å². The fourth-order valence-corrected chi connectivity index (χ4v) is 2.16. The van der Waals surface area contributed by atoms with E-state index in [1.54, 1.807) is 12.2 Å². The Hall–Kier alpha value is -2.18. The van der Waals surface area contributed by atoms with E-state index in [1.165, 1.54) is 13.8 Å². The molecule has 1 aliphatic rings. The first-order valence-corrected chi connectivity index (χ1v) is 7.32. The van der Waals surface area contributed by atoms with Crippen molar-refractivity contribution in [3.05, 3.63) is 48.0 Å². The van der Waals surface area contributed by atoms with Crippen molar-refractivity contribution in [2.75, 3.05) is 6.61 Å². The third kappa shape index (κ3) is 5.50. The molecular formula is C17H20O6. The highest BCUT2D eigenvalue weighted by Crippen LogP contribution is 2.27. The molecule has 0 spiro atoms. The smallest absolute Gasteiger partial charge is 0.305 e. The number of hydrogen-bond acceptors (Lipinski definition) is 6. The Kier molecular flexibility index (Phi) is 5.90. The van der Waals surface area contributed by atoms with Crippen LogP contribution in [0.2, 0.25) is 0 Å². The van der Waals surface area contributed by atoms with Gasteiger partial charge in [0, 0.05) is 20.3 Å². The summed E-state index contributed by atoms with van der Waals surface area (Å²) in [7, 11) is 0. The molecule has 0 fully saturated rings. The molecule has 6 nitrogen and oxygen atoms in total. The SMILES string of the molecule is CC(=O)OC[C@]1(OC(C)=O)CC=C[C@@H](OCc2ccccc2)O1. The predicted molar refractivity (Wildman–Crippen MR) is 81.0 cm³/mol. The molecule has 0 N–H and O–H groups in total. The molecule has 1 aliphatic heterocycles. The summed E-state index contributed by atoms with van der Waals surface area (Å²) in [5.41, 5.74) is 0.994. The van der Waals surface area contributed by atoms with Gasteiger partial charge in [0.2, 0.25) is 0 Å². The first-order valence-electron chi connectivity index (χ1n) is 7.32. The normalized spacial score (nSPS) is 23.3. The molecule has 23 heavy (non-hydrogen) atoms. The number of hydrogen-bond donors (Lipinski definition) is 0. The van der Waals surface area contributed by atoms with Crippen molar-refractivity contribution in [1.29, 1.82) is 0 Å². The van der Waals surface area contributed by atoms with E-state index in [0.29, 0.717) is 6.61 Å². The minimum Gasteiger partial charge on any atom is -0.459 e. The molecular weight excluding hydrogens is 300 g/mol. The molecule has 2 rings (SSSR count). The maximum atomic E-state index is 11.3. The number of rotatable bonds is 6. The molecule has 0 amide bonds. The summed E-state index contributed by atoms with van der Waals surface area (Å²) in [5.74, 6) is -2.35. The molecule has 0 unspecified atom stereocenters. The van der Waals surface area contributed by atoms with Gasteiger partial charge in [0.25, 0.3) is 5.79 Å². The molecule has 124 valence electrons. The van der Waals surface area contributed by atoms with Crippen LogP contribution in [0, 0.1) is 0 Å². The van der Waals surface area contributed by atoms with E-state index >= 15 is 0 Å². The first-order chi connectivity index (χ1) is 11.0. The Morgan fingerprint density at radius 2 is 1.96 bits per heavy atom. The van der Waals surface area contributed by atoms with Crippen LogP contribution < -0.4 is 0 Å². The summed E-state index contributed by atoms with van der Waals surface area (Å²) >= 11 is 0. The molecule has 0 aliphatic carbocycles. The summed E-state index contributed by atoms with van der Waals surface area (Å²) in [6, 6.07) is 9.63. The van der Waals surface area contributed by atoms with Crippen molar-refractivity contribution in [2.24, 2.45) is 0 Å². The van der Waals surface area contributed by atoms with Crippen molar-refractivity contribution in [1.82, 2.24) is 0 Å². The molecule has 6 heteroatoms. The van der Waals surface area contributed by atoms with Crippen molar-refractivity contribution in [3.63, 3.8) is 0 Å². The van der Waals surface area contributed by atoms with E-state index in [-0.39, 0.29) is 13.0 Å². The van der Waals surface area contributed by atoms with E-state index in [2.05, 4.69) is 0 Å². The van der Waals surface area contributed by atoms with E-state index in [0.717, 1.165) is 5.56 Å². The molecule has 1 aromatic carbocycles. The van der Waals surface area contributed by atoms with Crippen LogP contribution in [0.4, 0.5) is 0 Å². The van der Waals surface area contributed by atoms with E-state index in [9.17, 15) is 9.59 Å². The van der Waals surface area contributed by atoms with Crippen LogP contribution >= 0.6 is 0 Å². The lowest BCUT2D eigenvalue weighted by atomic mass is 10.1. The fraction of sp³-hybridized carbons (Fsp3) is 0.412. The van der Waals surface area contributed by atoms with E-state index < -0.39 is 24.0 Å². The summed E-state index contributed by atoms with van der Waals surface area (Å²) in [4.78, 5) is 22.4. The van der Waals surface area contributed by atoms with E-state index in [1.807, 2.05) is 30.3 Å². The molecule has 1 heterocycles. The summed E-state index contributed by atoms with van der Waals surface area (Å²) < 4.78 is 21.6. The average Bonchev–Trinajstić information content (AvgIpc) is 2.52. The Morgan fingerprint density at radius 1 is 1.22 bits per heavy atom. The minimum atomic E-state index is -1.35.